The third kappa shape index (κ3) is 10.9. The van der Waals surface area contributed by atoms with Crippen molar-refractivity contribution in [2.24, 2.45) is 0 Å². The minimum absolute atomic E-state index is 0.132. The standard InChI is InChI=1S/C16H30O3Si/c1-7-9-10-15(11-12-16(17)18-8-2)13-14(3)19-20(4,5)6/h7-12H2,1-6H3. The van der Waals surface area contributed by atoms with Crippen LogP contribution in [0.5, 0.6) is 0 Å². The summed E-state index contributed by atoms with van der Waals surface area (Å²) in [7, 11) is -1.58. The molecule has 0 aromatic heterocycles. The van der Waals surface area contributed by atoms with Gasteiger partial charge in [-0.05, 0) is 58.3 Å². The molecule has 0 bridgehead atoms. The lowest BCUT2D eigenvalue weighted by Gasteiger charge is -2.18. The lowest BCUT2D eigenvalue weighted by molar-refractivity contribution is -0.143. The van der Waals surface area contributed by atoms with E-state index in [1.165, 1.54) is 0 Å². The molecule has 4 heteroatoms. The number of esters is 1. The van der Waals surface area contributed by atoms with E-state index < -0.39 is 8.32 Å². The van der Waals surface area contributed by atoms with E-state index in [9.17, 15) is 4.79 Å². The van der Waals surface area contributed by atoms with Gasteiger partial charge in [0.2, 0.25) is 8.32 Å². The van der Waals surface area contributed by atoms with Gasteiger partial charge >= 0.3 is 5.97 Å². The summed E-state index contributed by atoms with van der Waals surface area (Å²) < 4.78 is 10.9. The Morgan fingerprint density at radius 3 is 2.25 bits per heavy atom. The zero-order chi connectivity index (χ0) is 15.6. The quantitative estimate of drug-likeness (QED) is 0.265. The van der Waals surface area contributed by atoms with Crippen molar-refractivity contribution in [2.45, 2.75) is 72.5 Å². The van der Waals surface area contributed by atoms with Gasteiger partial charge in [-0.25, -0.2) is 0 Å². The molecular weight excluding hydrogens is 268 g/mol. The van der Waals surface area contributed by atoms with Crippen LogP contribution in [0.25, 0.3) is 0 Å². The van der Waals surface area contributed by atoms with Crippen molar-refractivity contribution in [3.8, 4) is 0 Å². The van der Waals surface area contributed by atoms with E-state index in [2.05, 4.69) is 32.3 Å². The molecule has 116 valence electrons. The van der Waals surface area contributed by atoms with Crippen molar-refractivity contribution in [2.75, 3.05) is 6.61 Å². The molecule has 0 saturated heterocycles. The minimum atomic E-state index is -1.58. The van der Waals surface area contributed by atoms with E-state index in [4.69, 9.17) is 9.16 Å². The smallest absolute Gasteiger partial charge is 0.306 e. The highest BCUT2D eigenvalue weighted by atomic mass is 28.4. The molecule has 0 aliphatic heterocycles. The fourth-order valence-corrected chi connectivity index (χ4v) is 2.83. The molecule has 3 nitrogen and oxygen atoms in total. The number of unbranched alkanes of at least 4 members (excludes halogenated alkanes) is 1. The molecule has 0 radical (unpaired) electrons. The van der Waals surface area contributed by atoms with Crippen molar-refractivity contribution in [3.05, 3.63) is 17.1 Å². The Morgan fingerprint density at radius 1 is 1.10 bits per heavy atom. The molecule has 0 rings (SSSR count). The SMILES string of the molecule is CCCCC(=C=C(C)O[Si](C)(C)C)CCC(=O)OCC. The Hall–Kier alpha value is -0.993. The van der Waals surface area contributed by atoms with Gasteiger partial charge < -0.3 is 9.16 Å². The van der Waals surface area contributed by atoms with Gasteiger partial charge in [0.1, 0.15) is 5.76 Å². The van der Waals surface area contributed by atoms with Gasteiger partial charge in [0, 0.05) is 6.42 Å². The predicted molar refractivity (Wildman–Crippen MR) is 86.0 cm³/mol. The summed E-state index contributed by atoms with van der Waals surface area (Å²) in [6.07, 6.45) is 4.37. The summed E-state index contributed by atoms with van der Waals surface area (Å²) in [5.74, 6) is 0.714. The summed E-state index contributed by atoms with van der Waals surface area (Å²) in [5.41, 5.74) is 4.51. The second-order valence-corrected chi connectivity index (χ2v) is 10.3. The molecule has 0 unspecified atom stereocenters. The van der Waals surface area contributed by atoms with Gasteiger partial charge in [-0.15, -0.1) is 0 Å². The van der Waals surface area contributed by atoms with Crippen LogP contribution < -0.4 is 0 Å². The first-order valence-corrected chi connectivity index (χ1v) is 11.0. The van der Waals surface area contributed by atoms with Gasteiger partial charge in [0.25, 0.3) is 0 Å². The van der Waals surface area contributed by atoms with Crippen molar-refractivity contribution >= 4 is 14.3 Å². The highest BCUT2D eigenvalue weighted by Crippen LogP contribution is 2.16. The molecule has 0 saturated carbocycles. The first-order valence-electron chi connectivity index (χ1n) is 7.58. The van der Waals surface area contributed by atoms with Crippen molar-refractivity contribution in [1.82, 2.24) is 0 Å². The summed E-state index contributed by atoms with van der Waals surface area (Å²) >= 11 is 0. The molecule has 0 aromatic rings. The fourth-order valence-electron chi connectivity index (χ4n) is 1.86. The molecule has 0 N–H and O–H groups in total. The van der Waals surface area contributed by atoms with Gasteiger partial charge in [-0.2, -0.15) is 0 Å². The van der Waals surface area contributed by atoms with Crippen molar-refractivity contribution in [1.29, 1.82) is 0 Å². The molecule has 0 amide bonds. The van der Waals surface area contributed by atoms with Crippen LogP contribution in [-0.2, 0) is 14.0 Å². The highest BCUT2D eigenvalue weighted by molar-refractivity contribution is 6.70. The number of ether oxygens (including phenoxy) is 1. The molecule has 0 aliphatic carbocycles. The van der Waals surface area contributed by atoms with E-state index in [0.29, 0.717) is 19.4 Å². The van der Waals surface area contributed by atoms with E-state index in [-0.39, 0.29) is 5.97 Å². The Morgan fingerprint density at radius 2 is 1.75 bits per heavy atom. The molecule has 0 fully saturated rings. The van der Waals surface area contributed by atoms with E-state index in [1.807, 2.05) is 13.8 Å². The average Bonchev–Trinajstić information content (AvgIpc) is 2.30. The maximum atomic E-state index is 11.4. The number of carbonyl (C=O) groups excluding carboxylic acids is 1. The Balaban J connectivity index is 4.76. The summed E-state index contributed by atoms with van der Waals surface area (Å²) in [6, 6.07) is 0. The second-order valence-electron chi connectivity index (χ2n) is 5.91. The monoisotopic (exact) mass is 298 g/mol. The third-order valence-corrected chi connectivity index (χ3v) is 3.50. The van der Waals surface area contributed by atoms with Crippen LogP contribution in [0.15, 0.2) is 17.1 Å². The van der Waals surface area contributed by atoms with Crippen LogP contribution in [0.3, 0.4) is 0 Å². The zero-order valence-electron chi connectivity index (χ0n) is 14.0. The number of hydrogen-bond donors (Lipinski definition) is 0. The van der Waals surface area contributed by atoms with Crippen molar-refractivity contribution < 1.29 is 14.0 Å². The number of allylic oxidation sites excluding steroid dienone is 1. The van der Waals surface area contributed by atoms with Gasteiger partial charge in [0.05, 0.1) is 6.61 Å². The maximum Gasteiger partial charge on any atom is 0.306 e. The Bertz CT molecular complexity index is 360. The number of carbonyl (C=O) groups is 1. The Labute approximate surface area is 125 Å². The normalized spacial score (nSPS) is 10.7. The average molecular weight is 298 g/mol. The van der Waals surface area contributed by atoms with E-state index in [0.717, 1.165) is 30.6 Å². The molecule has 0 aromatic carbocycles. The maximum absolute atomic E-state index is 11.4. The summed E-state index contributed by atoms with van der Waals surface area (Å²) in [4.78, 5) is 11.4. The lowest BCUT2D eigenvalue weighted by Crippen LogP contribution is -2.23. The van der Waals surface area contributed by atoms with E-state index in [1.54, 1.807) is 0 Å². The molecule has 20 heavy (non-hydrogen) atoms. The van der Waals surface area contributed by atoms with Crippen LogP contribution in [0.4, 0.5) is 0 Å². The zero-order valence-corrected chi connectivity index (χ0v) is 15.0. The number of hydrogen-bond acceptors (Lipinski definition) is 3. The van der Waals surface area contributed by atoms with Gasteiger partial charge in [-0.1, -0.05) is 19.1 Å². The fraction of sp³-hybridized carbons (Fsp3) is 0.750. The molecule has 0 spiro atoms. The first-order chi connectivity index (χ1) is 9.28. The van der Waals surface area contributed by atoms with Crippen LogP contribution in [0.1, 0.15) is 52.9 Å². The van der Waals surface area contributed by atoms with Gasteiger partial charge in [0.15, 0.2) is 0 Å². The largest absolute Gasteiger partial charge is 0.542 e. The summed E-state index contributed by atoms with van der Waals surface area (Å²) in [5, 5.41) is 0. The number of rotatable bonds is 9. The molecule has 0 heterocycles. The van der Waals surface area contributed by atoms with Crippen LogP contribution >= 0.6 is 0 Å². The molecule has 0 aliphatic rings. The lowest BCUT2D eigenvalue weighted by atomic mass is 10.0. The third-order valence-electron chi connectivity index (χ3n) is 2.58. The first kappa shape index (κ1) is 19.0. The van der Waals surface area contributed by atoms with E-state index >= 15 is 0 Å². The van der Waals surface area contributed by atoms with Crippen molar-refractivity contribution in [3.63, 3.8) is 0 Å². The molecular formula is C16H30O3Si. The topological polar surface area (TPSA) is 35.5 Å². The van der Waals surface area contributed by atoms with Crippen LogP contribution in [-0.4, -0.2) is 20.9 Å². The van der Waals surface area contributed by atoms with Gasteiger partial charge in [-0.3, -0.25) is 4.79 Å². The minimum Gasteiger partial charge on any atom is -0.542 e. The van der Waals surface area contributed by atoms with Crippen LogP contribution in [0, 0.1) is 0 Å². The van der Waals surface area contributed by atoms with Crippen LogP contribution in [0.2, 0.25) is 19.6 Å². The highest BCUT2D eigenvalue weighted by Gasteiger charge is 2.15. The molecule has 0 atom stereocenters. The predicted octanol–water partition coefficient (Wildman–Crippen LogP) is 4.80. The Kier molecular flexibility index (Phi) is 9.35. The summed E-state index contributed by atoms with van der Waals surface area (Å²) in [6.45, 7) is 12.9. The second kappa shape index (κ2) is 9.84.